The Morgan fingerprint density at radius 1 is 0.970 bits per heavy atom. The molecule has 1 aliphatic rings. The lowest BCUT2D eigenvalue weighted by molar-refractivity contribution is 0.154. The third-order valence-corrected chi connectivity index (χ3v) is 5.92. The quantitative estimate of drug-likeness (QED) is 0.446. The second kappa shape index (κ2) is 9.77. The zero-order valence-corrected chi connectivity index (χ0v) is 18.7. The number of anilines is 1. The Hall–Kier alpha value is -3.81. The Morgan fingerprint density at radius 2 is 1.82 bits per heavy atom. The van der Waals surface area contributed by atoms with Crippen LogP contribution in [-0.2, 0) is 13.6 Å². The largest absolute Gasteiger partial charge is 0.489 e. The fourth-order valence-corrected chi connectivity index (χ4v) is 4.12. The maximum Gasteiger partial charge on any atom is 0.223 e. The number of ether oxygens (including phenoxy) is 1. The van der Waals surface area contributed by atoms with Gasteiger partial charge in [-0.05, 0) is 43.9 Å². The first kappa shape index (κ1) is 21.1. The zero-order valence-electron chi connectivity index (χ0n) is 18.7. The van der Waals surface area contributed by atoms with Crippen LogP contribution >= 0.6 is 0 Å². The Labute approximate surface area is 193 Å². The Morgan fingerprint density at radius 3 is 2.61 bits per heavy atom. The molecule has 8 heteroatoms. The van der Waals surface area contributed by atoms with Crippen molar-refractivity contribution in [3.05, 3.63) is 66.6 Å². The summed E-state index contributed by atoms with van der Waals surface area (Å²) in [5.74, 6) is 1.35. The highest BCUT2D eigenvalue weighted by Gasteiger charge is 2.17. The van der Waals surface area contributed by atoms with Crippen molar-refractivity contribution in [2.45, 2.75) is 44.8 Å². The molecule has 3 aromatic heterocycles. The van der Waals surface area contributed by atoms with Crippen LogP contribution in [0.2, 0.25) is 0 Å². The lowest BCUT2D eigenvalue weighted by Gasteiger charge is -2.22. The molecule has 1 aliphatic carbocycles. The van der Waals surface area contributed by atoms with Crippen molar-refractivity contribution < 1.29 is 4.74 Å². The van der Waals surface area contributed by atoms with Crippen molar-refractivity contribution >= 4 is 5.95 Å². The molecule has 0 amide bonds. The van der Waals surface area contributed by atoms with E-state index in [4.69, 9.17) is 4.74 Å². The van der Waals surface area contributed by atoms with E-state index in [1.165, 1.54) is 19.3 Å². The predicted molar refractivity (Wildman–Crippen MR) is 127 cm³/mol. The molecule has 1 saturated carbocycles. The van der Waals surface area contributed by atoms with E-state index in [1.807, 2.05) is 55.6 Å². The minimum Gasteiger partial charge on any atom is -0.489 e. The monoisotopic (exact) mass is 441 g/mol. The summed E-state index contributed by atoms with van der Waals surface area (Å²) < 4.78 is 7.85. The summed E-state index contributed by atoms with van der Waals surface area (Å²) in [5.41, 5.74) is 4.30. The van der Waals surface area contributed by atoms with Crippen molar-refractivity contribution in [2.75, 3.05) is 5.32 Å². The van der Waals surface area contributed by atoms with Crippen LogP contribution in [0.3, 0.4) is 0 Å². The number of nitrogens with one attached hydrogen (secondary N) is 1. The van der Waals surface area contributed by atoms with Crippen molar-refractivity contribution in [1.29, 1.82) is 0 Å². The van der Waals surface area contributed by atoms with Crippen LogP contribution in [-0.4, -0.2) is 36.0 Å². The van der Waals surface area contributed by atoms with Gasteiger partial charge in [-0.3, -0.25) is 4.98 Å². The molecule has 0 aliphatic heterocycles. The number of nitrogens with zero attached hydrogens (tertiary/aromatic N) is 6. The molecule has 1 fully saturated rings. The van der Waals surface area contributed by atoms with Gasteiger partial charge < -0.3 is 10.1 Å². The van der Waals surface area contributed by atoms with Gasteiger partial charge in [0.1, 0.15) is 11.4 Å². The highest BCUT2D eigenvalue weighted by molar-refractivity contribution is 5.60. The van der Waals surface area contributed by atoms with Crippen LogP contribution in [0.25, 0.3) is 22.6 Å². The fourth-order valence-electron chi connectivity index (χ4n) is 4.12. The molecule has 8 nitrogen and oxygen atoms in total. The number of benzene rings is 1. The molecule has 0 spiro atoms. The van der Waals surface area contributed by atoms with E-state index >= 15 is 0 Å². The first-order valence-corrected chi connectivity index (χ1v) is 11.4. The standard InChI is InChI=1S/C25H27N7O/c1-32-23(17-28-25-26-15-14-21(29-25)18-8-4-2-5-9-18)24(30-31-32)22-13-12-20(16-27-22)33-19-10-6-3-7-11-19/h2,4-5,8-9,12-16,19H,3,6-7,10-11,17H2,1H3,(H,26,28,29). The van der Waals surface area contributed by atoms with Gasteiger partial charge in [0.2, 0.25) is 5.95 Å². The van der Waals surface area contributed by atoms with E-state index in [0.717, 1.165) is 46.9 Å². The summed E-state index contributed by atoms with van der Waals surface area (Å²) in [6, 6.07) is 15.9. The molecule has 5 rings (SSSR count). The van der Waals surface area contributed by atoms with Gasteiger partial charge in [0.15, 0.2) is 0 Å². The average molecular weight is 442 g/mol. The number of aromatic nitrogens is 6. The summed E-state index contributed by atoms with van der Waals surface area (Å²) in [7, 11) is 1.87. The molecule has 33 heavy (non-hydrogen) atoms. The van der Waals surface area contributed by atoms with Gasteiger partial charge >= 0.3 is 0 Å². The smallest absolute Gasteiger partial charge is 0.223 e. The second-order valence-electron chi connectivity index (χ2n) is 8.25. The highest BCUT2D eigenvalue weighted by Crippen LogP contribution is 2.25. The van der Waals surface area contributed by atoms with Crippen LogP contribution in [0.15, 0.2) is 60.9 Å². The molecule has 1 aromatic carbocycles. The predicted octanol–water partition coefficient (Wildman–Crippen LogP) is 4.66. The van der Waals surface area contributed by atoms with Gasteiger partial charge in [-0.2, -0.15) is 0 Å². The Bertz CT molecular complexity index is 1190. The van der Waals surface area contributed by atoms with E-state index in [1.54, 1.807) is 17.1 Å². The molecule has 0 bridgehead atoms. The molecule has 3 heterocycles. The van der Waals surface area contributed by atoms with Gasteiger partial charge in [-0.1, -0.05) is 42.0 Å². The molecular formula is C25H27N7O. The van der Waals surface area contributed by atoms with Crippen LogP contribution in [0.4, 0.5) is 5.95 Å². The van der Waals surface area contributed by atoms with Crippen LogP contribution in [0.1, 0.15) is 37.8 Å². The lowest BCUT2D eigenvalue weighted by atomic mass is 9.98. The molecule has 168 valence electrons. The maximum atomic E-state index is 6.10. The van der Waals surface area contributed by atoms with Crippen molar-refractivity contribution in [1.82, 2.24) is 29.9 Å². The van der Waals surface area contributed by atoms with Gasteiger partial charge in [-0.15, -0.1) is 5.10 Å². The van der Waals surface area contributed by atoms with Crippen LogP contribution < -0.4 is 10.1 Å². The first-order chi connectivity index (χ1) is 16.3. The minimum atomic E-state index is 0.300. The van der Waals surface area contributed by atoms with Crippen LogP contribution in [0, 0.1) is 0 Å². The number of pyridine rings is 1. The zero-order chi connectivity index (χ0) is 22.5. The van der Waals surface area contributed by atoms with E-state index in [0.29, 0.717) is 18.6 Å². The average Bonchev–Trinajstić information content (AvgIpc) is 3.25. The van der Waals surface area contributed by atoms with Crippen LogP contribution in [0.5, 0.6) is 5.75 Å². The summed E-state index contributed by atoms with van der Waals surface area (Å²) >= 11 is 0. The van der Waals surface area contributed by atoms with Gasteiger partial charge in [0.25, 0.3) is 0 Å². The SMILES string of the molecule is Cn1nnc(-c2ccc(OC3CCCCC3)cn2)c1CNc1nccc(-c2ccccc2)n1. The molecule has 0 atom stereocenters. The third kappa shape index (κ3) is 5.00. The summed E-state index contributed by atoms with van der Waals surface area (Å²) in [5, 5.41) is 11.8. The summed E-state index contributed by atoms with van der Waals surface area (Å²) in [6.45, 7) is 0.471. The topological polar surface area (TPSA) is 90.6 Å². The normalized spacial score (nSPS) is 14.2. The molecular weight excluding hydrogens is 414 g/mol. The number of rotatable bonds is 7. The molecule has 0 unspecified atom stereocenters. The fraction of sp³-hybridized carbons (Fsp3) is 0.320. The second-order valence-corrected chi connectivity index (χ2v) is 8.25. The van der Waals surface area contributed by atoms with Crippen molar-refractivity contribution in [3.8, 4) is 28.4 Å². The van der Waals surface area contributed by atoms with Gasteiger partial charge in [-0.25, -0.2) is 14.6 Å². The van der Waals surface area contributed by atoms with E-state index in [-0.39, 0.29) is 0 Å². The molecule has 0 saturated heterocycles. The Balaban J connectivity index is 1.29. The minimum absolute atomic E-state index is 0.300. The van der Waals surface area contributed by atoms with Gasteiger partial charge in [0.05, 0.1) is 35.9 Å². The summed E-state index contributed by atoms with van der Waals surface area (Å²) in [4.78, 5) is 13.6. The molecule has 4 aromatic rings. The third-order valence-electron chi connectivity index (χ3n) is 5.92. The molecule has 0 radical (unpaired) electrons. The van der Waals surface area contributed by atoms with Crippen molar-refractivity contribution in [3.63, 3.8) is 0 Å². The van der Waals surface area contributed by atoms with Crippen molar-refractivity contribution in [2.24, 2.45) is 7.05 Å². The van der Waals surface area contributed by atoms with Gasteiger partial charge in [0, 0.05) is 18.8 Å². The Kier molecular flexibility index (Phi) is 6.23. The number of hydrogen-bond acceptors (Lipinski definition) is 7. The maximum absolute atomic E-state index is 6.10. The first-order valence-electron chi connectivity index (χ1n) is 11.4. The number of aryl methyl sites for hydroxylation is 1. The molecule has 1 N–H and O–H groups in total. The lowest BCUT2D eigenvalue weighted by Crippen LogP contribution is -2.19. The van der Waals surface area contributed by atoms with E-state index < -0.39 is 0 Å². The highest BCUT2D eigenvalue weighted by atomic mass is 16.5. The van der Waals surface area contributed by atoms with E-state index in [2.05, 4.69) is 30.6 Å². The number of hydrogen-bond donors (Lipinski definition) is 1. The summed E-state index contributed by atoms with van der Waals surface area (Å²) in [6.07, 6.45) is 9.87. The van der Waals surface area contributed by atoms with E-state index in [9.17, 15) is 0 Å².